The standard InChI is InChI=1S/C14H27N/c1-11(15-12(2)14-8-9-14)10-13-6-4-3-5-7-13/h11-15H,3-10H2,1-2H3. The smallest absolute Gasteiger partial charge is 0.00694 e. The minimum absolute atomic E-state index is 0.740. The second kappa shape index (κ2) is 5.34. The molecule has 0 aromatic rings. The first kappa shape index (κ1) is 11.4. The molecule has 1 N–H and O–H groups in total. The Hall–Kier alpha value is -0.0400. The van der Waals surface area contributed by atoms with Crippen LogP contribution in [0.25, 0.3) is 0 Å². The van der Waals surface area contributed by atoms with Crippen molar-refractivity contribution in [3.8, 4) is 0 Å². The maximum absolute atomic E-state index is 3.79. The van der Waals surface area contributed by atoms with E-state index in [1.54, 1.807) is 0 Å². The monoisotopic (exact) mass is 209 g/mol. The van der Waals surface area contributed by atoms with E-state index in [2.05, 4.69) is 19.2 Å². The van der Waals surface area contributed by atoms with Crippen LogP contribution in [0.15, 0.2) is 0 Å². The molecule has 0 radical (unpaired) electrons. The van der Waals surface area contributed by atoms with Crippen molar-refractivity contribution >= 4 is 0 Å². The Bertz CT molecular complexity index is 180. The van der Waals surface area contributed by atoms with Gasteiger partial charge in [-0.25, -0.2) is 0 Å². The van der Waals surface area contributed by atoms with Crippen LogP contribution in [0.2, 0.25) is 0 Å². The molecule has 0 heterocycles. The van der Waals surface area contributed by atoms with E-state index >= 15 is 0 Å². The average Bonchev–Trinajstić information content (AvgIpc) is 3.01. The van der Waals surface area contributed by atoms with Crippen LogP contribution in [-0.4, -0.2) is 12.1 Å². The number of nitrogens with one attached hydrogen (secondary N) is 1. The normalized spacial score (nSPS) is 27.6. The van der Waals surface area contributed by atoms with E-state index in [0.29, 0.717) is 0 Å². The van der Waals surface area contributed by atoms with Crippen molar-refractivity contribution in [3.05, 3.63) is 0 Å². The molecule has 1 heteroatoms. The summed E-state index contributed by atoms with van der Waals surface area (Å²) in [6, 6.07) is 1.51. The zero-order valence-corrected chi connectivity index (χ0v) is 10.5. The van der Waals surface area contributed by atoms with E-state index in [4.69, 9.17) is 0 Å². The predicted octanol–water partition coefficient (Wildman–Crippen LogP) is 3.73. The van der Waals surface area contributed by atoms with E-state index in [0.717, 1.165) is 23.9 Å². The molecule has 2 fully saturated rings. The Morgan fingerprint density at radius 2 is 1.67 bits per heavy atom. The van der Waals surface area contributed by atoms with Gasteiger partial charge in [0.15, 0.2) is 0 Å². The molecular weight excluding hydrogens is 182 g/mol. The zero-order chi connectivity index (χ0) is 10.7. The number of hydrogen-bond donors (Lipinski definition) is 1. The predicted molar refractivity (Wildman–Crippen MR) is 66.0 cm³/mol. The van der Waals surface area contributed by atoms with Crippen LogP contribution in [0.5, 0.6) is 0 Å². The second-order valence-corrected chi connectivity index (χ2v) is 5.93. The van der Waals surface area contributed by atoms with Crippen molar-refractivity contribution in [1.29, 1.82) is 0 Å². The van der Waals surface area contributed by atoms with Gasteiger partial charge in [-0.1, -0.05) is 32.1 Å². The molecule has 0 aromatic carbocycles. The Labute approximate surface area is 95.0 Å². The quantitative estimate of drug-likeness (QED) is 0.727. The van der Waals surface area contributed by atoms with Gasteiger partial charge < -0.3 is 5.32 Å². The summed E-state index contributed by atoms with van der Waals surface area (Å²) in [7, 11) is 0. The van der Waals surface area contributed by atoms with Gasteiger partial charge in [0.2, 0.25) is 0 Å². The fourth-order valence-corrected chi connectivity index (χ4v) is 3.17. The third-order valence-electron chi connectivity index (χ3n) is 4.29. The van der Waals surface area contributed by atoms with Gasteiger partial charge in [0.1, 0.15) is 0 Å². The molecule has 1 nitrogen and oxygen atoms in total. The largest absolute Gasteiger partial charge is 0.311 e. The molecule has 0 aromatic heterocycles. The van der Waals surface area contributed by atoms with Gasteiger partial charge in [0.25, 0.3) is 0 Å². The van der Waals surface area contributed by atoms with Gasteiger partial charge in [-0.3, -0.25) is 0 Å². The summed E-state index contributed by atoms with van der Waals surface area (Å²) < 4.78 is 0. The summed E-state index contributed by atoms with van der Waals surface area (Å²) in [5.74, 6) is 2.02. The maximum atomic E-state index is 3.79. The molecule has 2 saturated carbocycles. The summed E-state index contributed by atoms with van der Waals surface area (Å²) in [5.41, 5.74) is 0. The summed E-state index contributed by atoms with van der Waals surface area (Å²) >= 11 is 0. The molecule has 2 aliphatic rings. The van der Waals surface area contributed by atoms with E-state index in [9.17, 15) is 0 Å². The molecule has 0 amide bonds. The van der Waals surface area contributed by atoms with Crippen molar-refractivity contribution < 1.29 is 0 Å². The Morgan fingerprint density at radius 3 is 2.27 bits per heavy atom. The Kier molecular flexibility index (Phi) is 4.07. The van der Waals surface area contributed by atoms with Gasteiger partial charge in [-0.15, -0.1) is 0 Å². The van der Waals surface area contributed by atoms with Gasteiger partial charge in [-0.05, 0) is 44.9 Å². The molecule has 0 spiro atoms. The van der Waals surface area contributed by atoms with E-state index < -0.39 is 0 Å². The molecule has 0 aliphatic heterocycles. The summed E-state index contributed by atoms with van der Waals surface area (Å²) in [4.78, 5) is 0. The summed E-state index contributed by atoms with van der Waals surface area (Å²) in [6.45, 7) is 4.75. The van der Waals surface area contributed by atoms with Crippen molar-refractivity contribution in [3.63, 3.8) is 0 Å². The van der Waals surface area contributed by atoms with Gasteiger partial charge in [-0.2, -0.15) is 0 Å². The first-order valence-electron chi connectivity index (χ1n) is 7.01. The van der Waals surface area contributed by atoms with Crippen molar-refractivity contribution in [2.75, 3.05) is 0 Å². The molecule has 2 aliphatic carbocycles. The number of rotatable bonds is 5. The van der Waals surface area contributed by atoms with Crippen LogP contribution in [0, 0.1) is 11.8 Å². The third-order valence-corrected chi connectivity index (χ3v) is 4.29. The lowest BCUT2D eigenvalue weighted by atomic mass is 9.85. The summed E-state index contributed by atoms with van der Waals surface area (Å²) in [5, 5.41) is 3.79. The van der Waals surface area contributed by atoms with Gasteiger partial charge in [0.05, 0.1) is 0 Å². The van der Waals surface area contributed by atoms with Crippen molar-refractivity contribution in [2.24, 2.45) is 11.8 Å². The Balaban J connectivity index is 1.63. The highest BCUT2D eigenvalue weighted by molar-refractivity contribution is 4.85. The fourth-order valence-electron chi connectivity index (χ4n) is 3.17. The molecule has 0 bridgehead atoms. The second-order valence-electron chi connectivity index (χ2n) is 5.93. The lowest BCUT2D eigenvalue weighted by Gasteiger charge is -2.27. The third kappa shape index (κ3) is 3.79. The minimum Gasteiger partial charge on any atom is -0.311 e. The zero-order valence-electron chi connectivity index (χ0n) is 10.5. The maximum Gasteiger partial charge on any atom is 0.00694 e. The van der Waals surface area contributed by atoms with Crippen LogP contribution in [0.4, 0.5) is 0 Å². The van der Waals surface area contributed by atoms with Gasteiger partial charge in [0, 0.05) is 12.1 Å². The average molecular weight is 209 g/mol. The van der Waals surface area contributed by atoms with Crippen molar-refractivity contribution in [2.45, 2.75) is 77.3 Å². The van der Waals surface area contributed by atoms with E-state index in [1.165, 1.54) is 51.4 Å². The molecule has 15 heavy (non-hydrogen) atoms. The minimum atomic E-state index is 0.740. The molecule has 0 saturated heterocycles. The Morgan fingerprint density at radius 1 is 1.00 bits per heavy atom. The van der Waals surface area contributed by atoms with Crippen LogP contribution < -0.4 is 5.32 Å². The highest BCUT2D eigenvalue weighted by Crippen LogP contribution is 2.33. The van der Waals surface area contributed by atoms with Crippen LogP contribution >= 0.6 is 0 Å². The highest BCUT2D eigenvalue weighted by Gasteiger charge is 2.28. The number of hydrogen-bond acceptors (Lipinski definition) is 1. The SMILES string of the molecule is CC(CC1CCCCC1)NC(C)C1CC1. The van der Waals surface area contributed by atoms with Crippen LogP contribution in [-0.2, 0) is 0 Å². The first-order chi connectivity index (χ1) is 7.25. The van der Waals surface area contributed by atoms with Crippen molar-refractivity contribution in [1.82, 2.24) is 5.32 Å². The summed E-state index contributed by atoms with van der Waals surface area (Å²) in [6.07, 6.45) is 11.8. The van der Waals surface area contributed by atoms with Crippen LogP contribution in [0.1, 0.15) is 65.2 Å². The molecular formula is C14H27N. The van der Waals surface area contributed by atoms with Crippen LogP contribution in [0.3, 0.4) is 0 Å². The molecule has 2 unspecified atom stereocenters. The van der Waals surface area contributed by atoms with E-state index in [1.807, 2.05) is 0 Å². The van der Waals surface area contributed by atoms with E-state index in [-0.39, 0.29) is 0 Å². The van der Waals surface area contributed by atoms with Gasteiger partial charge >= 0.3 is 0 Å². The fraction of sp³-hybridized carbons (Fsp3) is 1.00. The first-order valence-corrected chi connectivity index (χ1v) is 7.01. The topological polar surface area (TPSA) is 12.0 Å². The molecule has 88 valence electrons. The lowest BCUT2D eigenvalue weighted by Crippen LogP contribution is -2.37. The highest BCUT2D eigenvalue weighted by atomic mass is 15.0. The molecule has 2 atom stereocenters. The lowest BCUT2D eigenvalue weighted by molar-refractivity contribution is 0.291. The molecule has 2 rings (SSSR count).